The number of sulfone groups is 1. The second-order valence-electron chi connectivity index (χ2n) is 9.23. The Bertz CT molecular complexity index is 1690. The van der Waals surface area contributed by atoms with Gasteiger partial charge in [-0.15, -0.1) is 0 Å². The Labute approximate surface area is 215 Å². The highest BCUT2D eigenvalue weighted by molar-refractivity contribution is 7.91. The topological polar surface area (TPSA) is 126 Å². The van der Waals surface area contributed by atoms with E-state index in [9.17, 15) is 16.8 Å². The number of hydrogen-bond donors (Lipinski definition) is 2. The van der Waals surface area contributed by atoms with Crippen LogP contribution < -0.4 is 15.5 Å². The molecule has 0 spiro atoms. The van der Waals surface area contributed by atoms with Crippen molar-refractivity contribution >= 4 is 48.2 Å². The molecule has 0 saturated carbocycles. The van der Waals surface area contributed by atoms with Gasteiger partial charge >= 0.3 is 0 Å². The summed E-state index contributed by atoms with van der Waals surface area (Å²) in [6.07, 6.45) is 3.30. The van der Waals surface area contributed by atoms with E-state index in [1.165, 1.54) is 12.3 Å². The second kappa shape index (κ2) is 9.12. The molecule has 2 aromatic carbocycles. The summed E-state index contributed by atoms with van der Waals surface area (Å²) in [6, 6.07) is 14.5. The fraction of sp³-hybridized carbons (Fsp3) is 0.280. The smallest absolute Gasteiger partial charge is 0.269 e. The van der Waals surface area contributed by atoms with Crippen LogP contribution in [0.15, 0.2) is 65.8 Å². The summed E-state index contributed by atoms with van der Waals surface area (Å²) in [5.41, 5.74) is 3.21. The monoisotopic (exact) mass is 538 g/mol. The maximum absolute atomic E-state index is 13.7. The van der Waals surface area contributed by atoms with E-state index < -0.39 is 19.9 Å². The molecule has 10 nitrogen and oxygen atoms in total. The Hall–Kier alpha value is -3.48. The maximum Gasteiger partial charge on any atom is 0.269 e. The van der Waals surface area contributed by atoms with Gasteiger partial charge in [-0.1, -0.05) is 12.1 Å². The molecule has 6 rings (SSSR count). The van der Waals surface area contributed by atoms with Crippen LogP contribution in [0.4, 0.5) is 17.3 Å². The van der Waals surface area contributed by atoms with Crippen molar-refractivity contribution in [3.8, 4) is 0 Å². The number of aromatic nitrogens is 3. The van der Waals surface area contributed by atoms with E-state index in [0.717, 1.165) is 47.1 Å². The summed E-state index contributed by atoms with van der Waals surface area (Å²) in [5.74, 6) is -0.00730. The van der Waals surface area contributed by atoms with E-state index in [1.807, 2.05) is 24.3 Å². The first-order chi connectivity index (χ1) is 17.8. The van der Waals surface area contributed by atoms with Crippen molar-refractivity contribution in [2.45, 2.75) is 17.1 Å². The van der Waals surface area contributed by atoms with Crippen molar-refractivity contribution in [2.75, 3.05) is 42.1 Å². The predicted octanol–water partition coefficient (Wildman–Crippen LogP) is 2.29. The minimum absolute atomic E-state index is 0.0117. The van der Waals surface area contributed by atoms with Gasteiger partial charge in [-0.2, -0.15) is 4.98 Å². The van der Waals surface area contributed by atoms with E-state index in [-0.39, 0.29) is 28.0 Å². The summed E-state index contributed by atoms with van der Waals surface area (Å²) in [4.78, 5) is 11.1. The van der Waals surface area contributed by atoms with Crippen LogP contribution in [0, 0.1) is 0 Å². The van der Waals surface area contributed by atoms with Crippen molar-refractivity contribution < 1.29 is 16.8 Å². The first-order valence-corrected chi connectivity index (χ1v) is 15.3. The van der Waals surface area contributed by atoms with Gasteiger partial charge in [0.2, 0.25) is 5.95 Å². The Morgan fingerprint density at radius 2 is 1.78 bits per heavy atom. The van der Waals surface area contributed by atoms with Gasteiger partial charge in [-0.3, -0.25) is 0 Å². The lowest BCUT2D eigenvalue weighted by atomic mass is 10.1. The van der Waals surface area contributed by atoms with Crippen LogP contribution in [-0.2, 0) is 32.0 Å². The molecule has 4 heterocycles. The van der Waals surface area contributed by atoms with E-state index in [4.69, 9.17) is 0 Å². The minimum atomic E-state index is -4.10. The summed E-state index contributed by atoms with van der Waals surface area (Å²) in [5, 5.41) is 7.05. The minimum Gasteiger partial charge on any atom is -0.369 e. The number of fused-ring (bicyclic) bond motifs is 2. The molecule has 0 radical (unpaired) electrons. The largest absolute Gasteiger partial charge is 0.369 e. The third-order valence-corrected chi connectivity index (χ3v) is 10.1. The van der Waals surface area contributed by atoms with Crippen molar-refractivity contribution in [1.29, 1.82) is 0 Å². The molecule has 0 aliphatic carbocycles. The molecule has 2 aliphatic rings. The number of rotatable bonds is 5. The van der Waals surface area contributed by atoms with Gasteiger partial charge in [0.1, 0.15) is 0 Å². The van der Waals surface area contributed by atoms with Crippen LogP contribution >= 0.6 is 0 Å². The fourth-order valence-corrected chi connectivity index (χ4v) is 7.99. The number of nitrogens with one attached hydrogen (secondary N) is 2. The highest BCUT2D eigenvalue weighted by Crippen LogP contribution is 2.30. The van der Waals surface area contributed by atoms with Crippen LogP contribution in [0.5, 0.6) is 0 Å². The van der Waals surface area contributed by atoms with Crippen LogP contribution in [0.1, 0.15) is 11.1 Å². The van der Waals surface area contributed by atoms with Gasteiger partial charge < -0.3 is 15.5 Å². The predicted molar refractivity (Wildman–Crippen MR) is 143 cm³/mol. The summed E-state index contributed by atoms with van der Waals surface area (Å²) >= 11 is 0. The van der Waals surface area contributed by atoms with E-state index >= 15 is 0 Å². The van der Waals surface area contributed by atoms with Crippen LogP contribution in [0.2, 0.25) is 0 Å². The SMILES string of the molecule is O=S1(=O)CCc2cccc(S(=O)(=O)n3ccc4cnc(Nc5ccc(N6CCNCC6)cc5)nc43)c2C1. The molecule has 12 heteroatoms. The Morgan fingerprint density at radius 1 is 1.00 bits per heavy atom. The quantitative estimate of drug-likeness (QED) is 0.394. The molecule has 4 aromatic rings. The molecule has 2 aliphatic heterocycles. The molecule has 1 saturated heterocycles. The molecule has 2 aromatic heterocycles. The number of benzene rings is 2. The lowest BCUT2D eigenvalue weighted by molar-refractivity contribution is 0.585. The van der Waals surface area contributed by atoms with Gasteiger partial charge in [0.05, 0.1) is 16.4 Å². The normalized spacial score (nSPS) is 17.5. The third kappa shape index (κ3) is 4.56. The highest BCUT2D eigenvalue weighted by atomic mass is 32.2. The number of aryl methyl sites for hydroxylation is 1. The third-order valence-electron chi connectivity index (χ3n) is 6.81. The molecular formula is C25H26N6O4S2. The second-order valence-corrected chi connectivity index (χ2v) is 13.2. The maximum atomic E-state index is 13.7. The molecule has 0 amide bonds. The average molecular weight is 539 g/mol. The molecule has 0 unspecified atom stereocenters. The van der Waals surface area contributed by atoms with Gasteiger partial charge in [0.15, 0.2) is 15.5 Å². The fourth-order valence-electron chi connectivity index (χ4n) is 4.87. The standard InChI is InChI=1S/C25H26N6O4S2/c32-36(33)15-9-18-2-1-3-23(22(18)17-36)37(34,35)31-12-8-19-16-27-25(29-24(19)31)28-20-4-6-21(7-5-20)30-13-10-26-11-14-30/h1-8,12,16,26H,9-11,13-15,17H2,(H,27,28,29). The lowest BCUT2D eigenvalue weighted by Gasteiger charge is -2.29. The lowest BCUT2D eigenvalue weighted by Crippen LogP contribution is -2.43. The molecule has 0 bridgehead atoms. The summed E-state index contributed by atoms with van der Waals surface area (Å²) < 4.78 is 53.1. The van der Waals surface area contributed by atoms with Crippen molar-refractivity contribution in [1.82, 2.24) is 19.3 Å². The molecule has 192 valence electrons. The van der Waals surface area contributed by atoms with E-state index in [2.05, 4.69) is 25.5 Å². The van der Waals surface area contributed by atoms with Crippen molar-refractivity contribution in [2.24, 2.45) is 0 Å². The van der Waals surface area contributed by atoms with E-state index in [1.54, 1.807) is 24.4 Å². The highest BCUT2D eigenvalue weighted by Gasteiger charge is 2.30. The number of piperazine rings is 1. The Balaban J connectivity index is 1.32. The van der Waals surface area contributed by atoms with Gasteiger partial charge in [0.25, 0.3) is 10.0 Å². The van der Waals surface area contributed by atoms with Crippen molar-refractivity contribution in [3.05, 3.63) is 72.1 Å². The number of hydrogen-bond acceptors (Lipinski definition) is 9. The summed E-state index contributed by atoms with van der Waals surface area (Å²) in [6.45, 7) is 3.82. The first-order valence-electron chi connectivity index (χ1n) is 12.0. The summed E-state index contributed by atoms with van der Waals surface area (Å²) in [7, 11) is -7.46. The van der Waals surface area contributed by atoms with Crippen LogP contribution in [0.25, 0.3) is 11.0 Å². The zero-order chi connectivity index (χ0) is 25.6. The average Bonchev–Trinajstić information content (AvgIpc) is 3.33. The van der Waals surface area contributed by atoms with Gasteiger partial charge in [0, 0.05) is 55.3 Å². The van der Waals surface area contributed by atoms with Crippen LogP contribution in [-0.4, -0.2) is 62.7 Å². The molecule has 0 atom stereocenters. The molecular weight excluding hydrogens is 512 g/mol. The molecule has 37 heavy (non-hydrogen) atoms. The van der Waals surface area contributed by atoms with Gasteiger partial charge in [-0.25, -0.2) is 25.8 Å². The zero-order valence-electron chi connectivity index (χ0n) is 20.0. The zero-order valence-corrected chi connectivity index (χ0v) is 21.6. The van der Waals surface area contributed by atoms with Crippen molar-refractivity contribution in [3.63, 3.8) is 0 Å². The number of anilines is 3. The van der Waals surface area contributed by atoms with E-state index in [0.29, 0.717) is 17.4 Å². The van der Waals surface area contributed by atoms with Crippen LogP contribution in [0.3, 0.4) is 0 Å². The Kier molecular flexibility index (Phi) is 5.89. The number of nitrogens with zero attached hydrogens (tertiary/aromatic N) is 4. The Morgan fingerprint density at radius 3 is 2.57 bits per heavy atom. The molecule has 1 fully saturated rings. The van der Waals surface area contributed by atoms with Gasteiger partial charge in [-0.05, 0) is 53.9 Å². The molecule has 2 N–H and O–H groups in total. The first kappa shape index (κ1) is 23.9.